The van der Waals surface area contributed by atoms with Crippen LogP contribution in [0.4, 0.5) is 0 Å². The second-order valence-electron chi connectivity index (χ2n) is 4.43. The first-order valence-corrected chi connectivity index (χ1v) is 15.9. The van der Waals surface area contributed by atoms with Crippen LogP contribution in [-0.2, 0) is 0 Å². The Bertz CT molecular complexity index is 544. The van der Waals surface area contributed by atoms with E-state index in [1.165, 1.54) is 18.3 Å². The average molecular weight is 498 g/mol. The van der Waals surface area contributed by atoms with Crippen LogP contribution in [0.1, 0.15) is 11.1 Å². The van der Waals surface area contributed by atoms with Crippen LogP contribution in [0.3, 0.4) is 0 Å². The molecule has 0 unspecified atom stereocenters. The summed E-state index contributed by atoms with van der Waals surface area (Å²) in [4.78, 5) is 0. The molecule has 20 heavy (non-hydrogen) atoms. The minimum absolute atomic E-state index is 0.0709. The molecule has 0 spiro atoms. The molecule has 0 saturated heterocycles. The van der Waals surface area contributed by atoms with Crippen molar-refractivity contribution < 1.29 is 9.47 Å². The van der Waals surface area contributed by atoms with Gasteiger partial charge < -0.3 is 0 Å². The van der Waals surface area contributed by atoms with E-state index in [-0.39, 0.29) is 34.1 Å². The molecule has 0 fully saturated rings. The van der Waals surface area contributed by atoms with E-state index in [9.17, 15) is 0 Å². The molecule has 2 aromatic rings. The molecule has 0 bridgehead atoms. The van der Waals surface area contributed by atoms with Crippen LogP contribution < -0.4 is 16.7 Å². The van der Waals surface area contributed by atoms with E-state index in [1.807, 2.05) is 0 Å². The van der Waals surface area contributed by atoms with Crippen LogP contribution in [0, 0.1) is 13.8 Å². The molecule has 0 heterocycles. The van der Waals surface area contributed by atoms with Gasteiger partial charge in [0.2, 0.25) is 0 Å². The molecule has 2 aromatic carbocycles. The third-order valence-electron chi connectivity index (χ3n) is 2.97. The normalized spacial score (nSPS) is 10.4. The Kier molecular flexibility index (Phi) is 6.06. The van der Waals surface area contributed by atoms with Gasteiger partial charge in [-0.2, -0.15) is 0 Å². The summed E-state index contributed by atoms with van der Waals surface area (Å²) in [5.74, 6) is 1.98. The van der Waals surface area contributed by atoms with Crippen LogP contribution in [0.15, 0.2) is 36.4 Å². The quantitative estimate of drug-likeness (QED) is 0.585. The fourth-order valence-corrected chi connectivity index (χ4v) is 12.1. The monoisotopic (exact) mass is 502 g/mol. The number of methoxy groups -OCH3 is 2. The zero-order chi connectivity index (χ0) is 14.5. The van der Waals surface area contributed by atoms with Gasteiger partial charge >= 0.3 is 138 Å². The number of hydrogen-bond acceptors (Lipinski definition) is 2. The maximum atomic E-state index is 5.32. The Morgan fingerprint density at radius 1 is 0.700 bits per heavy atom. The molecule has 0 aliphatic heterocycles. The van der Waals surface area contributed by atoms with E-state index < -0.39 is 0 Å². The predicted molar refractivity (Wildman–Crippen MR) is 86.2 cm³/mol. The molecule has 0 amide bonds. The van der Waals surface area contributed by atoms with Crippen LogP contribution in [0.2, 0.25) is 0 Å². The molecular weight excluding hydrogens is 479 g/mol. The van der Waals surface area contributed by atoms with Gasteiger partial charge in [-0.15, -0.1) is 0 Å². The van der Waals surface area contributed by atoms with E-state index in [1.54, 1.807) is 14.2 Å². The van der Waals surface area contributed by atoms with Crippen molar-refractivity contribution in [2.75, 3.05) is 14.2 Å². The van der Waals surface area contributed by atoms with Gasteiger partial charge in [-0.3, -0.25) is 0 Å². The summed E-state index contributed by atoms with van der Waals surface area (Å²) in [5.41, 5.74) is 2.49. The Hall–Kier alpha value is -0.381. The van der Waals surface area contributed by atoms with E-state index in [2.05, 4.69) is 50.2 Å². The van der Waals surface area contributed by atoms with Crippen molar-refractivity contribution in [3.05, 3.63) is 47.5 Å². The van der Waals surface area contributed by atoms with Crippen molar-refractivity contribution in [2.24, 2.45) is 0 Å². The molecule has 0 aliphatic rings. The molecule has 0 aromatic heterocycles. The zero-order valence-electron chi connectivity index (χ0n) is 12.1. The topological polar surface area (TPSA) is 18.5 Å². The van der Waals surface area contributed by atoms with E-state index in [0.717, 1.165) is 11.5 Å². The van der Waals surface area contributed by atoms with Gasteiger partial charge in [0.15, 0.2) is 0 Å². The Morgan fingerprint density at radius 2 is 1.10 bits per heavy atom. The van der Waals surface area contributed by atoms with E-state index in [4.69, 9.17) is 9.47 Å². The average Bonchev–Trinajstić information content (AvgIpc) is 2.45. The van der Waals surface area contributed by atoms with Gasteiger partial charge in [0.05, 0.1) is 0 Å². The van der Waals surface area contributed by atoms with Crippen molar-refractivity contribution in [3.8, 4) is 11.5 Å². The summed E-state index contributed by atoms with van der Waals surface area (Å²) < 4.78 is 13.7. The summed E-state index contributed by atoms with van der Waals surface area (Å²) in [5, 5.41) is 0. The molecule has 106 valence electrons. The SMILES string of the molecule is COc1ccc([Te][Te]c2ccc(OC)c(C)c2)cc1C. The molecule has 0 N–H and O–H groups in total. The zero-order valence-corrected chi connectivity index (χ0v) is 16.8. The molecule has 4 heteroatoms. The summed E-state index contributed by atoms with van der Waals surface area (Å²) in [6.07, 6.45) is 0. The first-order chi connectivity index (χ1) is 9.63. The van der Waals surface area contributed by atoms with Crippen molar-refractivity contribution in [1.82, 2.24) is 0 Å². The number of ether oxygens (including phenoxy) is 2. The second kappa shape index (κ2) is 7.58. The Labute approximate surface area is 137 Å². The molecular formula is C16H18O2Te2. The standard InChI is InChI=1S/C16H18O2Te2/c1-11-9-13(5-7-15(11)17-3)19-20-14-6-8-16(18-4)12(2)10-14/h5-10H,1-4H3. The van der Waals surface area contributed by atoms with Gasteiger partial charge in [0, 0.05) is 0 Å². The van der Waals surface area contributed by atoms with Crippen LogP contribution in [0.5, 0.6) is 11.5 Å². The molecule has 2 nitrogen and oxygen atoms in total. The van der Waals surface area contributed by atoms with Gasteiger partial charge in [0.1, 0.15) is 0 Å². The summed E-state index contributed by atoms with van der Waals surface area (Å²) in [6.45, 7) is 4.24. The van der Waals surface area contributed by atoms with Crippen LogP contribution >= 0.6 is 0 Å². The Morgan fingerprint density at radius 3 is 1.40 bits per heavy atom. The summed E-state index contributed by atoms with van der Waals surface area (Å²) >= 11 is -0.142. The van der Waals surface area contributed by atoms with Gasteiger partial charge in [-0.05, 0) is 0 Å². The third kappa shape index (κ3) is 4.06. The minimum atomic E-state index is -0.0709. The van der Waals surface area contributed by atoms with Crippen LogP contribution in [0.25, 0.3) is 0 Å². The van der Waals surface area contributed by atoms with Crippen LogP contribution in [-0.4, -0.2) is 48.3 Å². The van der Waals surface area contributed by atoms with Gasteiger partial charge in [0.25, 0.3) is 0 Å². The van der Waals surface area contributed by atoms with Crippen molar-refractivity contribution in [3.63, 3.8) is 0 Å². The van der Waals surface area contributed by atoms with Gasteiger partial charge in [-0.25, -0.2) is 0 Å². The number of hydrogen-bond donors (Lipinski definition) is 0. The van der Waals surface area contributed by atoms with E-state index >= 15 is 0 Å². The molecule has 0 saturated carbocycles. The first kappa shape index (κ1) is 16.0. The third-order valence-corrected chi connectivity index (χ3v) is 14.7. The summed E-state index contributed by atoms with van der Waals surface area (Å²) in [7, 11) is 3.46. The predicted octanol–water partition coefficient (Wildman–Crippen LogP) is 1.59. The maximum absolute atomic E-state index is 5.32. The van der Waals surface area contributed by atoms with Gasteiger partial charge in [-0.1, -0.05) is 0 Å². The second-order valence-corrected chi connectivity index (χ2v) is 14.5. The fourth-order valence-electron chi connectivity index (χ4n) is 1.90. The number of benzene rings is 2. The molecule has 0 radical (unpaired) electrons. The Balaban J connectivity index is 2.05. The molecule has 0 atom stereocenters. The molecule has 2 rings (SSSR count). The van der Waals surface area contributed by atoms with Crippen molar-refractivity contribution in [1.29, 1.82) is 0 Å². The summed E-state index contributed by atoms with van der Waals surface area (Å²) in [6, 6.07) is 13.2. The molecule has 0 aliphatic carbocycles. The first-order valence-electron chi connectivity index (χ1n) is 6.28. The fraction of sp³-hybridized carbons (Fsp3) is 0.250. The van der Waals surface area contributed by atoms with Crippen molar-refractivity contribution in [2.45, 2.75) is 13.8 Å². The van der Waals surface area contributed by atoms with Crippen molar-refractivity contribution >= 4 is 41.3 Å². The number of rotatable bonds is 5. The van der Waals surface area contributed by atoms with E-state index in [0.29, 0.717) is 0 Å². The number of aryl methyl sites for hydroxylation is 2.